The van der Waals surface area contributed by atoms with E-state index in [2.05, 4.69) is 45.8 Å². The van der Waals surface area contributed by atoms with Crippen molar-refractivity contribution in [3.63, 3.8) is 0 Å². The van der Waals surface area contributed by atoms with Crippen molar-refractivity contribution >= 4 is 17.7 Å². The molecule has 0 radical (unpaired) electrons. The van der Waals surface area contributed by atoms with Gasteiger partial charge >= 0.3 is 0 Å². The van der Waals surface area contributed by atoms with Crippen molar-refractivity contribution in [1.29, 1.82) is 0 Å². The first-order chi connectivity index (χ1) is 8.56. The van der Waals surface area contributed by atoms with Crippen LogP contribution in [0.1, 0.15) is 20.8 Å². The Bertz CT molecular complexity index is 511. The second-order valence-corrected chi connectivity index (χ2v) is 5.53. The van der Waals surface area contributed by atoms with Gasteiger partial charge in [-0.05, 0) is 5.92 Å². The first-order valence-electron chi connectivity index (χ1n) is 5.59. The maximum absolute atomic E-state index is 5.68. The molecule has 0 saturated heterocycles. The predicted molar refractivity (Wildman–Crippen MR) is 69.3 cm³/mol. The van der Waals surface area contributed by atoms with Crippen LogP contribution < -0.4 is 5.73 Å². The molecule has 2 heterocycles. The van der Waals surface area contributed by atoms with Gasteiger partial charge in [-0.3, -0.25) is 0 Å². The average molecular weight is 265 g/mol. The highest BCUT2D eigenvalue weighted by Crippen LogP contribution is 2.25. The minimum atomic E-state index is 0.189. The molecular formula is C10H15N7S. The molecular weight excluding hydrogens is 250 g/mol. The summed E-state index contributed by atoms with van der Waals surface area (Å²) >= 11 is 1.57. The highest BCUT2D eigenvalue weighted by Gasteiger charge is 2.13. The Morgan fingerprint density at radius 3 is 2.61 bits per heavy atom. The third-order valence-corrected chi connectivity index (χ3v) is 3.78. The summed E-state index contributed by atoms with van der Waals surface area (Å²) in [6, 6.07) is 0. The van der Waals surface area contributed by atoms with E-state index in [4.69, 9.17) is 5.73 Å². The molecule has 18 heavy (non-hydrogen) atoms. The van der Waals surface area contributed by atoms with E-state index in [1.54, 1.807) is 11.8 Å². The molecule has 0 aromatic carbocycles. The van der Waals surface area contributed by atoms with Gasteiger partial charge in [-0.15, -0.1) is 0 Å². The zero-order chi connectivity index (χ0) is 13.1. The fourth-order valence-electron chi connectivity index (χ4n) is 1.13. The first kappa shape index (κ1) is 12.7. The van der Waals surface area contributed by atoms with E-state index in [-0.39, 0.29) is 5.95 Å². The second kappa shape index (κ2) is 5.30. The number of hydrogen-bond donors (Lipinski definition) is 1. The first-order valence-corrected chi connectivity index (χ1v) is 6.47. The standard InChI is InChI=1S/C10H15N7S/c1-6(2)7(3)18-10-15-8(11)14-9(16-10)17-5-12-4-13-17/h4-7H,1-3H3,(H2,11,14,15,16). The van der Waals surface area contributed by atoms with Crippen LogP contribution in [0.4, 0.5) is 5.95 Å². The SMILES string of the molecule is CC(C)C(C)Sc1nc(N)nc(-n2cncn2)n1. The van der Waals surface area contributed by atoms with E-state index in [0.717, 1.165) is 0 Å². The van der Waals surface area contributed by atoms with Gasteiger partial charge in [0.2, 0.25) is 5.95 Å². The van der Waals surface area contributed by atoms with Gasteiger partial charge in [0, 0.05) is 5.25 Å². The number of aromatic nitrogens is 6. The molecule has 7 nitrogen and oxygen atoms in total. The summed E-state index contributed by atoms with van der Waals surface area (Å²) in [6.07, 6.45) is 2.94. The van der Waals surface area contributed by atoms with Gasteiger partial charge in [0.05, 0.1) is 0 Å². The van der Waals surface area contributed by atoms with Crippen LogP contribution >= 0.6 is 11.8 Å². The number of nitrogen functional groups attached to an aromatic ring is 1. The summed E-state index contributed by atoms with van der Waals surface area (Å²) in [4.78, 5) is 16.3. The second-order valence-electron chi connectivity index (χ2n) is 4.18. The molecule has 2 aromatic rings. The van der Waals surface area contributed by atoms with E-state index in [1.807, 2.05) is 0 Å². The molecule has 2 rings (SSSR count). The average Bonchev–Trinajstić information content (AvgIpc) is 2.81. The van der Waals surface area contributed by atoms with Crippen molar-refractivity contribution in [2.45, 2.75) is 31.2 Å². The van der Waals surface area contributed by atoms with Crippen molar-refractivity contribution in [2.24, 2.45) is 5.92 Å². The number of nitrogens with zero attached hydrogens (tertiary/aromatic N) is 6. The summed E-state index contributed by atoms with van der Waals surface area (Å²) < 4.78 is 1.46. The fraction of sp³-hybridized carbons (Fsp3) is 0.500. The molecule has 0 saturated carbocycles. The lowest BCUT2D eigenvalue weighted by Gasteiger charge is -2.13. The van der Waals surface area contributed by atoms with E-state index in [1.165, 1.54) is 17.3 Å². The molecule has 0 amide bonds. The Balaban J connectivity index is 2.27. The fourth-order valence-corrected chi connectivity index (χ4v) is 2.02. The maximum Gasteiger partial charge on any atom is 0.257 e. The van der Waals surface area contributed by atoms with E-state index in [0.29, 0.717) is 22.3 Å². The summed E-state index contributed by atoms with van der Waals surface area (Å²) in [7, 11) is 0. The topological polar surface area (TPSA) is 95.4 Å². The molecule has 0 aliphatic carbocycles. The minimum Gasteiger partial charge on any atom is -0.368 e. The van der Waals surface area contributed by atoms with E-state index < -0.39 is 0 Å². The van der Waals surface area contributed by atoms with Gasteiger partial charge in [0.25, 0.3) is 5.95 Å². The summed E-state index contributed by atoms with van der Waals surface area (Å²) in [5, 5.41) is 4.98. The highest BCUT2D eigenvalue weighted by atomic mass is 32.2. The largest absolute Gasteiger partial charge is 0.368 e. The van der Waals surface area contributed by atoms with Crippen LogP contribution in [0.5, 0.6) is 0 Å². The summed E-state index contributed by atoms with van der Waals surface area (Å²) in [5.74, 6) is 1.11. The molecule has 0 aliphatic rings. The zero-order valence-electron chi connectivity index (χ0n) is 10.5. The van der Waals surface area contributed by atoms with Gasteiger partial charge in [0.15, 0.2) is 5.16 Å². The van der Waals surface area contributed by atoms with Crippen molar-refractivity contribution in [1.82, 2.24) is 29.7 Å². The van der Waals surface area contributed by atoms with Gasteiger partial charge < -0.3 is 5.73 Å². The Labute approximate surface area is 109 Å². The number of anilines is 1. The van der Waals surface area contributed by atoms with Crippen molar-refractivity contribution in [3.05, 3.63) is 12.7 Å². The quantitative estimate of drug-likeness (QED) is 0.829. The molecule has 2 N–H and O–H groups in total. The van der Waals surface area contributed by atoms with Crippen LogP contribution in [0, 0.1) is 5.92 Å². The lowest BCUT2D eigenvalue weighted by molar-refractivity contribution is 0.639. The number of nitrogens with two attached hydrogens (primary N) is 1. The van der Waals surface area contributed by atoms with Gasteiger partial charge in [0.1, 0.15) is 12.7 Å². The van der Waals surface area contributed by atoms with Crippen LogP contribution in [0.25, 0.3) is 5.95 Å². The predicted octanol–water partition coefficient (Wildman–Crippen LogP) is 1.17. The molecule has 0 fully saturated rings. The Kier molecular flexibility index (Phi) is 3.75. The van der Waals surface area contributed by atoms with Crippen molar-refractivity contribution in [3.8, 4) is 5.95 Å². The Morgan fingerprint density at radius 2 is 2.00 bits per heavy atom. The molecule has 96 valence electrons. The van der Waals surface area contributed by atoms with Crippen LogP contribution in [0.2, 0.25) is 0 Å². The molecule has 2 aromatic heterocycles. The highest BCUT2D eigenvalue weighted by molar-refractivity contribution is 7.99. The monoisotopic (exact) mass is 265 g/mol. The van der Waals surface area contributed by atoms with Crippen LogP contribution in [0.15, 0.2) is 17.8 Å². The summed E-state index contributed by atoms with van der Waals surface area (Å²) in [5.41, 5.74) is 5.68. The minimum absolute atomic E-state index is 0.189. The number of thioether (sulfide) groups is 1. The maximum atomic E-state index is 5.68. The normalized spacial score (nSPS) is 12.9. The van der Waals surface area contributed by atoms with Gasteiger partial charge in [-0.1, -0.05) is 32.5 Å². The van der Waals surface area contributed by atoms with Gasteiger partial charge in [-0.2, -0.15) is 24.7 Å². The Morgan fingerprint density at radius 1 is 1.22 bits per heavy atom. The van der Waals surface area contributed by atoms with Gasteiger partial charge in [-0.25, -0.2) is 4.98 Å². The lowest BCUT2D eigenvalue weighted by Crippen LogP contribution is -2.11. The van der Waals surface area contributed by atoms with Crippen LogP contribution in [0.3, 0.4) is 0 Å². The van der Waals surface area contributed by atoms with E-state index in [9.17, 15) is 0 Å². The third-order valence-electron chi connectivity index (χ3n) is 2.47. The molecule has 1 atom stereocenters. The molecule has 0 spiro atoms. The number of hydrogen-bond acceptors (Lipinski definition) is 7. The smallest absolute Gasteiger partial charge is 0.257 e. The zero-order valence-corrected chi connectivity index (χ0v) is 11.3. The molecule has 0 bridgehead atoms. The Hall–Kier alpha value is -1.70. The number of rotatable bonds is 4. The summed E-state index contributed by atoms with van der Waals surface area (Å²) in [6.45, 7) is 6.44. The van der Waals surface area contributed by atoms with Crippen molar-refractivity contribution < 1.29 is 0 Å². The molecule has 1 unspecified atom stereocenters. The van der Waals surface area contributed by atoms with Crippen molar-refractivity contribution in [2.75, 3.05) is 5.73 Å². The third kappa shape index (κ3) is 2.95. The van der Waals surface area contributed by atoms with E-state index >= 15 is 0 Å². The molecule has 0 aliphatic heterocycles. The molecule has 8 heteroatoms. The lowest BCUT2D eigenvalue weighted by atomic mass is 10.2. The van der Waals surface area contributed by atoms with Crippen LogP contribution in [-0.4, -0.2) is 35.0 Å². The van der Waals surface area contributed by atoms with Crippen LogP contribution in [-0.2, 0) is 0 Å².